The van der Waals surface area contributed by atoms with Crippen LogP contribution in [0, 0.1) is 0 Å². The molecule has 4 aromatic rings. The summed E-state index contributed by atoms with van der Waals surface area (Å²) in [7, 11) is 0. The second-order valence-corrected chi connectivity index (χ2v) is 12.3. The molecule has 49 heavy (non-hydrogen) atoms. The van der Waals surface area contributed by atoms with Crippen molar-refractivity contribution in [2.45, 2.75) is 84.5 Å². The van der Waals surface area contributed by atoms with Gasteiger partial charge in [0.15, 0.2) is 0 Å². The van der Waals surface area contributed by atoms with E-state index in [0.717, 1.165) is 99.3 Å². The topological polar surface area (TPSA) is 55.4 Å². The molecule has 0 amide bonds. The summed E-state index contributed by atoms with van der Waals surface area (Å²) in [5.74, 6) is 5.28. The van der Waals surface area contributed by atoms with Gasteiger partial charge in [0.25, 0.3) is 0 Å². The summed E-state index contributed by atoms with van der Waals surface area (Å²) in [6, 6.07) is 32.4. The minimum absolute atomic E-state index is 0.595. The van der Waals surface area contributed by atoms with Gasteiger partial charge < -0.3 is 28.4 Å². The van der Waals surface area contributed by atoms with Crippen molar-refractivity contribution in [1.29, 1.82) is 0 Å². The number of hydrogen-bond donors (Lipinski definition) is 0. The van der Waals surface area contributed by atoms with Crippen molar-refractivity contribution >= 4 is 0 Å². The van der Waals surface area contributed by atoms with Crippen molar-refractivity contribution in [2.75, 3.05) is 39.6 Å². The molecule has 6 heteroatoms. The van der Waals surface area contributed by atoms with Crippen LogP contribution in [-0.4, -0.2) is 39.6 Å². The Kier molecular flexibility index (Phi) is 17.7. The van der Waals surface area contributed by atoms with E-state index in [4.69, 9.17) is 28.4 Å². The predicted octanol–water partition coefficient (Wildman–Crippen LogP) is 11.4. The van der Waals surface area contributed by atoms with Crippen LogP contribution < -0.4 is 28.4 Å². The molecule has 0 N–H and O–H groups in total. The summed E-state index contributed by atoms with van der Waals surface area (Å²) in [4.78, 5) is 0. The van der Waals surface area contributed by atoms with Gasteiger partial charge in [-0.1, -0.05) is 63.8 Å². The number of rotatable bonds is 26. The van der Waals surface area contributed by atoms with E-state index in [9.17, 15) is 0 Å². The summed E-state index contributed by atoms with van der Waals surface area (Å²) in [5.41, 5.74) is 2.35. The summed E-state index contributed by atoms with van der Waals surface area (Å²) in [6.45, 7) is 8.57. The maximum absolute atomic E-state index is 5.98. The molecule has 0 aliphatic rings. The van der Waals surface area contributed by atoms with E-state index in [1.807, 2.05) is 48.5 Å². The van der Waals surface area contributed by atoms with Crippen molar-refractivity contribution in [1.82, 2.24) is 0 Å². The Labute approximate surface area is 294 Å². The van der Waals surface area contributed by atoms with E-state index >= 15 is 0 Å². The molecule has 0 aromatic heterocycles. The van der Waals surface area contributed by atoms with Crippen LogP contribution in [0.4, 0.5) is 0 Å². The molecular weight excluding hydrogens is 612 g/mol. The molecule has 264 valence electrons. The zero-order chi connectivity index (χ0) is 34.2. The predicted molar refractivity (Wildman–Crippen MR) is 200 cm³/mol. The van der Waals surface area contributed by atoms with Crippen LogP contribution in [0.2, 0.25) is 0 Å². The van der Waals surface area contributed by atoms with Crippen LogP contribution in [-0.2, 0) is 0 Å². The highest BCUT2D eigenvalue weighted by atomic mass is 16.5. The van der Waals surface area contributed by atoms with Crippen molar-refractivity contribution in [3.63, 3.8) is 0 Å². The van der Waals surface area contributed by atoms with Crippen molar-refractivity contribution < 1.29 is 28.4 Å². The first-order chi connectivity index (χ1) is 24.2. The summed E-state index contributed by atoms with van der Waals surface area (Å²) in [6.07, 6.45) is 12.1. The fourth-order valence-electron chi connectivity index (χ4n) is 5.21. The highest BCUT2D eigenvalue weighted by molar-refractivity contribution is 5.64. The molecule has 0 aliphatic carbocycles. The lowest BCUT2D eigenvalue weighted by Gasteiger charge is -2.10. The molecule has 6 nitrogen and oxygen atoms in total. The molecule has 0 bridgehead atoms. The Morgan fingerprint density at radius 1 is 0.265 bits per heavy atom. The second-order valence-electron chi connectivity index (χ2n) is 12.3. The Bertz CT molecular complexity index is 1380. The van der Waals surface area contributed by atoms with Crippen LogP contribution in [0.15, 0.2) is 97.1 Å². The SMILES string of the molecule is CCCCCOc1ccc(OCCCOc2ccc(OCCCCCCOc3ccc(-c4ccc(OCCCCC)cc4)cc3)cc2)cc1. The van der Waals surface area contributed by atoms with Gasteiger partial charge in [-0.3, -0.25) is 0 Å². The quantitative estimate of drug-likeness (QED) is 0.0621. The average Bonchev–Trinajstić information content (AvgIpc) is 3.14. The van der Waals surface area contributed by atoms with Crippen LogP contribution in [0.5, 0.6) is 34.5 Å². The maximum Gasteiger partial charge on any atom is 0.119 e. The van der Waals surface area contributed by atoms with E-state index in [1.54, 1.807) is 0 Å². The molecule has 0 spiro atoms. The van der Waals surface area contributed by atoms with Gasteiger partial charge in [0.2, 0.25) is 0 Å². The molecule has 0 fully saturated rings. The minimum atomic E-state index is 0.595. The standard InChI is InChI=1S/C43H56O6/c1-3-5-9-30-44-38-18-14-36(15-19-38)37-16-20-39(21-17-37)46-32-11-7-8-12-33-47-41-24-28-43(29-25-41)49-35-13-34-48-42-26-22-40(23-27-42)45-31-10-6-4-2/h14-29H,3-13,30-35H2,1-2H3. The molecule has 0 unspecified atom stereocenters. The highest BCUT2D eigenvalue weighted by Gasteiger charge is 2.03. The normalized spacial score (nSPS) is 10.8. The van der Waals surface area contributed by atoms with Crippen LogP contribution in [0.25, 0.3) is 11.1 Å². The Morgan fingerprint density at radius 3 is 0.755 bits per heavy atom. The Hall–Kier alpha value is -4.32. The largest absolute Gasteiger partial charge is 0.494 e. The van der Waals surface area contributed by atoms with E-state index in [1.165, 1.54) is 36.8 Å². The van der Waals surface area contributed by atoms with Crippen LogP contribution >= 0.6 is 0 Å². The second kappa shape index (κ2) is 23.1. The zero-order valence-corrected chi connectivity index (χ0v) is 29.7. The molecule has 4 aromatic carbocycles. The Morgan fingerprint density at radius 2 is 0.490 bits per heavy atom. The van der Waals surface area contributed by atoms with Crippen LogP contribution in [0.3, 0.4) is 0 Å². The summed E-state index contributed by atoms with van der Waals surface area (Å²) >= 11 is 0. The van der Waals surface area contributed by atoms with Gasteiger partial charge in [-0.2, -0.15) is 0 Å². The first-order valence-corrected chi connectivity index (χ1v) is 18.4. The van der Waals surface area contributed by atoms with Gasteiger partial charge >= 0.3 is 0 Å². The van der Waals surface area contributed by atoms with E-state index in [-0.39, 0.29) is 0 Å². The summed E-state index contributed by atoms with van der Waals surface area (Å²) in [5, 5.41) is 0. The van der Waals surface area contributed by atoms with Gasteiger partial charge in [-0.05, 0) is 122 Å². The number of ether oxygens (including phenoxy) is 6. The van der Waals surface area contributed by atoms with Crippen molar-refractivity contribution in [2.24, 2.45) is 0 Å². The lowest BCUT2D eigenvalue weighted by Crippen LogP contribution is -2.05. The molecule has 0 aliphatic heterocycles. The molecule has 0 heterocycles. The van der Waals surface area contributed by atoms with Gasteiger partial charge in [-0.25, -0.2) is 0 Å². The first kappa shape index (κ1) is 37.5. The molecule has 0 saturated carbocycles. The first-order valence-electron chi connectivity index (χ1n) is 18.4. The van der Waals surface area contributed by atoms with Crippen molar-refractivity contribution in [3.05, 3.63) is 97.1 Å². The average molecular weight is 669 g/mol. The fraction of sp³-hybridized carbons (Fsp3) is 0.442. The maximum atomic E-state index is 5.98. The Balaban J connectivity index is 0.984. The molecule has 0 saturated heterocycles. The van der Waals surface area contributed by atoms with Gasteiger partial charge in [0, 0.05) is 6.42 Å². The monoisotopic (exact) mass is 668 g/mol. The van der Waals surface area contributed by atoms with Crippen LogP contribution in [0.1, 0.15) is 84.5 Å². The third-order valence-corrected chi connectivity index (χ3v) is 8.12. The van der Waals surface area contributed by atoms with Gasteiger partial charge in [0.05, 0.1) is 39.6 Å². The van der Waals surface area contributed by atoms with Gasteiger partial charge in [0.1, 0.15) is 34.5 Å². The molecule has 0 radical (unpaired) electrons. The fourth-order valence-corrected chi connectivity index (χ4v) is 5.21. The third-order valence-electron chi connectivity index (χ3n) is 8.12. The minimum Gasteiger partial charge on any atom is -0.494 e. The summed E-state index contributed by atoms with van der Waals surface area (Å²) < 4.78 is 35.2. The van der Waals surface area contributed by atoms with E-state index < -0.39 is 0 Å². The van der Waals surface area contributed by atoms with E-state index in [2.05, 4.69) is 62.4 Å². The number of unbranched alkanes of at least 4 members (excludes halogenated alkanes) is 7. The van der Waals surface area contributed by atoms with Gasteiger partial charge in [-0.15, -0.1) is 0 Å². The third kappa shape index (κ3) is 15.2. The highest BCUT2D eigenvalue weighted by Crippen LogP contribution is 2.25. The number of benzene rings is 4. The van der Waals surface area contributed by atoms with E-state index in [0.29, 0.717) is 19.8 Å². The van der Waals surface area contributed by atoms with Crippen molar-refractivity contribution in [3.8, 4) is 45.6 Å². The molecule has 0 atom stereocenters. The lowest BCUT2D eigenvalue weighted by molar-refractivity contribution is 0.246. The lowest BCUT2D eigenvalue weighted by atomic mass is 10.1. The molecular formula is C43H56O6. The smallest absolute Gasteiger partial charge is 0.119 e. The zero-order valence-electron chi connectivity index (χ0n) is 29.7. The number of hydrogen-bond acceptors (Lipinski definition) is 6. The molecule has 4 rings (SSSR count).